The van der Waals surface area contributed by atoms with Gasteiger partial charge < -0.3 is 14.6 Å². The van der Waals surface area contributed by atoms with Gasteiger partial charge in [-0.3, -0.25) is 9.32 Å². The van der Waals surface area contributed by atoms with Crippen LogP contribution in [0.15, 0.2) is 15.1 Å². The topological polar surface area (TPSA) is 103 Å². The number of rotatable bonds is 5. The van der Waals surface area contributed by atoms with Gasteiger partial charge in [0, 0.05) is 12.0 Å². The Kier molecular flexibility index (Phi) is 3.79. The first-order valence-corrected chi connectivity index (χ1v) is 5.74. The summed E-state index contributed by atoms with van der Waals surface area (Å²) in [6.07, 6.45) is -0.0322. The number of hydrogen-bond donors (Lipinski definition) is 1. The summed E-state index contributed by atoms with van der Waals surface area (Å²) in [6, 6.07) is 1.60. The van der Waals surface area contributed by atoms with E-state index in [1.165, 1.54) is 0 Å². The lowest BCUT2D eigenvalue weighted by Gasteiger charge is -2.00. The predicted molar refractivity (Wildman–Crippen MR) is 63.8 cm³/mol. The van der Waals surface area contributed by atoms with Crippen LogP contribution in [-0.2, 0) is 4.79 Å². The molecule has 0 spiro atoms. The molecule has 2 aromatic heterocycles. The molecule has 19 heavy (non-hydrogen) atoms. The molecule has 0 aliphatic rings. The third-order valence-electron chi connectivity index (χ3n) is 2.16. The van der Waals surface area contributed by atoms with E-state index in [0.29, 0.717) is 17.4 Å². The number of hydrogen-bond acceptors (Lipinski definition) is 7. The molecule has 0 aliphatic heterocycles. The monoisotopic (exact) mass is 266 g/mol. The van der Waals surface area contributed by atoms with Gasteiger partial charge in [0.15, 0.2) is 18.2 Å². The van der Waals surface area contributed by atoms with Gasteiger partial charge in [-0.1, -0.05) is 24.2 Å². The molecule has 102 valence electrons. The fraction of sp³-hybridized carbons (Fsp3) is 0.455. The number of carbonyl (C=O) groups excluding carboxylic acids is 1. The predicted octanol–water partition coefficient (Wildman–Crippen LogP) is 1.51. The van der Waals surface area contributed by atoms with Crippen molar-refractivity contribution in [2.75, 3.05) is 11.9 Å². The van der Waals surface area contributed by atoms with Gasteiger partial charge in [-0.2, -0.15) is 4.98 Å². The second kappa shape index (κ2) is 5.51. The number of ether oxygens (including phenoxy) is 1. The normalized spacial score (nSPS) is 10.7. The fourth-order valence-electron chi connectivity index (χ4n) is 1.24. The van der Waals surface area contributed by atoms with E-state index in [-0.39, 0.29) is 18.6 Å². The van der Waals surface area contributed by atoms with Crippen LogP contribution in [0.3, 0.4) is 0 Å². The summed E-state index contributed by atoms with van der Waals surface area (Å²) in [6.45, 7) is 5.33. The molecule has 1 N–H and O–H groups in total. The molecule has 8 heteroatoms. The molecule has 8 nitrogen and oxygen atoms in total. The van der Waals surface area contributed by atoms with Crippen molar-refractivity contribution in [3.05, 3.63) is 17.7 Å². The van der Waals surface area contributed by atoms with E-state index >= 15 is 0 Å². The summed E-state index contributed by atoms with van der Waals surface area (Å²) < 4.78 is 14.7. The number of aromatic nitrogens is 3. The quantitative estimate of drug-likeness (QED) is 0.874. The highest BCUT2D eigenvalue weighted by molar-refractivity contribution is 5.90. The van der Waals surface area contributed by atoms with Crippen molar-refractivity contribution in [3.8, 4) is 6.08 Å². The molecule has 0 atom stereocenters. The zero-order valence-electron chi connectivity index (χ0n) is 10.8. The van der Waals surface area contributed by atoms with Gasteiger partial charge in [-0.15, -0.1) is 0 Å². The molecule has 2 aromatic rings. The summed E-state index contributed by atoms with van der Waals surface area (Å²) in [5, 5.41) is 9.84. The third-order valence-corrected chi connectivity index (χ3v) is 2.16. The van der Waals surface area contributed by atoms with Gasteiger partial charge in [-0.05, 0) is 6.92 Å². The maximum absolute atomic E-state index is 11.5. The van der Waals surface area contributed by atoms with Gasteiger partial charge in [-0.25, -0.2) is 0 Å². The minimum absolute atomic E-state index is 0.0322. The second-order valence-electron chi connectivity index (χ2n) is 4.23. The van der Waals surface area contributed by atoms with Crippen LogP contribution in [0.4, 0.5) is 5.82 Å². The smallest absolute Gasteiger partial charge is 0.417 e. The molecule has 0 radical (unpaired) electrons. The Labute approximate surface area is 109 Å². The summed E-state index contributed by atoms with van der Waals surface area (Å²) in [5.74, 6) is 1.21. The Morgan fingerprint density at radius 1 is 1.42 bits per heavy atom. The van der Waals surface area contributed by atoms with Crippen molar-refractivity contribution < 1.29 is 18.6 Å². The first-order chi connectivity index (χ1) is 9.04. The minimum Gasteiger partial charge on any atom is -0.439 e. The van der Waals surface area contributed by atoms with Crippen molar-refractivity contribution >= 4 is 11.7 Å². The van der Waals surface area contributed by atoms with Crippen molar-refractivity contribution in [3.63, 3.8) is 0 Å². The first kappa shape index (κ1) is 13.1. The molecule has 2 rings (SSSR count). The lowest BCUT2D eigenvalue weighted by atomic mass is 10.2. The van der Waals surface area contributed by atoms with E-state index in [2.05, 4.69) is 20.6 Å². The molecule has 0 bridgehead atoms. The van der Waals surface area contributed by atoms with Crippen molar-refractivity contribution in [2.24, 2.45) is 0 Å². The first-order valence-electron chi connectivity index (χ1n) is 5.74. The van der Waals surface area contributed by atoms with Crippen LogP contribution >= 0.6 is 0 Å². The average Bonchev–Trinajstić information content (AvgIpc) is 2.96. The van der Waals surface area contributed by atoms with Crippen molar-refractivity contribution in [1.29, 1.82) is 0 Å². The molecule has 1 amide bonds. The number of nitrogens with zero attached hydrogens (tertiary/aromatic N) is 3. The number of aryl methyl sites for hydroxylation is 1. The maximum atomic E-state index is 11.5. The summed E-state index contributed by atoms with van der Waals surface area (Å²) >= 11 is 0. The molecule has 0 saturated carbocycles. The van der Waals surface area contributed by atoms with Crippen molar-refractivity contribution in [2.45, 2.75) is 26.7 Å². The maximum Gasteiger partial charge on any atom is 0.417 e. The lowest BCUT2D eigenvalue weighted by molar-refractivity contribution is -0.118. The van der Waals surface area contributed by atoms with E-state index in [1.807, 2.05) is 13.8 Å². The molecule has 0 aliphatic carbocycles. The Balaban J connectivity index is 1.82. The Bertz CT molecular complexity index is 561. The number of nitrogens with one attached hydrogen (secondary N) is 1. The van der Waals surface area contributed by atoms with E-state index < -0.39 is 5.91 Å². The van der Waals surface area contributed by atoms with Crippen molar-refractivity contribution in [1.82, 2.24) is 15.3 Å². The molecule has 0 unspecified atom stereocenters. The second-order valence-corrected chi connectivity index (χ2v) is 4.23. The van der Waals surface area contributed by atoms with Crippen LogP contribution < -0.4 is 10.1 Å². The van der Waals surface area contributed by atoms with Crippen LogP contribution in [-0.4, -0.2) is 27.8 Å². The van der Waals surface area contributed by atoms with Gasteiger partial charge >= 0.3 is 6.08 Å². The Morgan fingerprint density at radius 2 is 2.21 bits per heavy atom. The van der Waals surface area contributed by atoms with E-state index in [1.54, 1.807) is 13.0 Å². The largest absolute Gasteiger partial charge is 0.439 e. The number of amides is 1. The minimum atomic E-state index is -0.391. The number of anilines is 1. The van der Waals surface area contributed by atoms with Crippen LogP contribution in [0.5, 0.6) is 6.08 Å². The van der Waals surface area contributed by atoms with E-state index in [9.17, 15) is 4.79 Å². The third kappa shape index (κ3) is 3.54. The summed E-state index contributed by atoms with van der Waals surface area (Å²) in [7, 11) is 0. The highest BCUT2D eigenvalue weighted by Crippen LogP contribution is 2.14. The van der Waals surface area contributed by atoms with Gasteiger partial charge in [0.2, 0.25) is 0 Å². The summed E-state index contributed by atoms with van der Waals surface area (Å²) in [5.41, 5.74) is 0. The standard InChI is InChI=1S/C11H14N4O4/c1-6(2)10-13-11(19-15-10)17-5-9(16)12-8-4-7(3)18-14-8/h4,6H,5H2,1-3H3,(H,12,14,16). The van der Waals surface area contributed by atoms with Crippen LogP contribution in [0, 0.1) is 6.92 Å². The molecular formula is C11H14N4O4. The lowest BCUT2D eigenvalue weighted by Crippen LogP contribution is -2.20. The zero-order chi connectivity index (χ0) is 13.8. The fourth-order valence-corrected chi connectivity index (χ4v) is 1.24. The SMILES string of the molecule is Cc1cc(NC(=O)COc2nc(C(C)C)no2)no1. The van der Waals surface area contributed by atoms with E-state index in [0.717, 1.165) is 0 Å². The zero-order valence-corrected chi connectivity index (χ0v) is 10.8. The molecule has 0 fully saturated rings. The Hall–Kier alpha value is -2.38. The summed E-state index contributed by atoms with van der Waals surface area (Å²) in [4.78, 5) is 15.5. The average molecular weight is 266 g/mol. The molecule has 0 aromatic carbocycles. The van der Waals surface area contributed by atoms with Crippen LogP contribution in [0.1, 0.15) is 31.4 Å². The van der Waals surface area contributed by atoms with Gasteiger partial charge in [0.05, 0.1) is 0 Å². The highest BCUT2D eigenvalue weighted by atomic mass is 16.6. The molecular weight excluding hydrogens is 252 g/mol. The van der Waals surface area contributed by atoms with E-state index in [4.69, 9.17) is 13.8 Å². The highest BCUT2D eigenvalue weighted by Gasteiger charge is 2.13. The molecule has 2 heterocycles. The number of carbonyl (C=O) groups is 1. The van der Waals surface area contributed by atoms with Crippen LogP contribution in [0.25, 0.3) is 0 Å². The molecule has 0 saturated heterocycles. The van der Waals surface area contributed by atoms with Crippen LogP contribution in [0.2, 0.25) is 0 Å². The Morgan fingerprint density at radius 3 is 2.79 bits per heavy atom. The van der Waals surface area contributed by atoms with Gasteiger partial charge in [0.25, 0.3) is 5.91 Å². The van der Waals surface area contributed by atoms with Gasteiger partial charge in [0.1, 0.15) is 5.76 Å².